The summed E-state index contributed by atoms with van der Waals surface area (Å²) in [7, 11) is 0. The van der Waals surface area contributed by atoms with E-state index in [1.54, 1.807) is 24.5 Å². The van der Waals surface area contributed by atoms with E-state index in [2.05, 4.69) is 50.5 Å². The van der Waals surface area contributed by atoms with Crippen molar-refractivity contribution in [3.05, 3.63) is 51.1 Å². The summed E-state index contributed by atoms with van der Waals surface area (Å²) in [6.07, 6.45) is 3.70. The molecule has 0 spiro atoms. The van der Waals surface area contributed by atoms with Crippen molar-refractivity contribution in [2.24, 2.45) is 23.2 Å². The maximum Gasteiger partial charge on any atom is 0.283 e. The van der Waals surface area contributed by atoms with Crippen LogP contribution in [-0.4, -0.2) is 33.1 Å². The molecule has 5 rings (SSSR count). The zero-order chi connectivity index (χ0) is 23.0. The van der Waals surface area contributed by atoms with Crippen molar-refractivity contribution in [1.29, 1.82) is 0 Å². The smallest absolute Gasteiger partial charge is 0.283 e. The highest BCUT2D eigenvalue weighted by Crippen LogP contribution is 2.62. The standard InChI is InChI=1S/C22H26BrF2N5O2/c1-22(2)13-7-14(22)18(20(24)25)15(8-13)29-16-10-28-30(21(32)19(16)23)11-17(31)27-9-12-3-5-26-6-4-12/h3-6,10,13-15,18,20,29H,7-9,11H2,1-2H3,(H,27,31)/t13-,14+,15+,18+/m0/s1. The molecule has 1 amide bonds. The van der Waals surface area contributed by atoms with Crippen LogP contribution in [0.15, 0.2) is 40.0 Å². The number of hydrogen-bond donors (Lipinski definition) is 2. The number of pyridine rings is 1. The zero-order valence-corrected chi connectivity index (χ0v) is 19.5. The van der Waals surface area contributed by atoms with Crippen molar-refractivity contribution in [1.82, 2.24) is 20.1 Å². The van der Waals surface area contributed by atoms with Crippen LogP contribution in [0.1, 0.15) is 32.3 Å². The molecule has 0 aliphatic heterocycles. The average Bonchev–Trinajstić information content (AvgIpc) is 2.77. The van der Waals surface area contributed by atoms with Crippen molar-refractivity contribution in [2.75, 3.05) is 5.32 Å². The second-order valence-electron chi connectivity index (χ2n) is 9.23. The van der Waals surface area contributed by atoms with Crippen LogP contribution in [0.5, 0.6) is 0 Å². The first kappa shape index (κ1) is 22.8. The second-order valence-corrected chi connectivity index (χ2v) is 10.0. The van der Waals surface area contributed by atoms with Crippen LogP contribution >= 0.6 is 15.9 Å². The van der Waals surface area contributed by atoms with Gasteiger partial charge in [0, 0.05) is 30.9 Å². The number of nitrogens with zero attached hydrogens (tertiary/aromatic N) is 3. The Morgan fingerprint density at radius 3 is 2.69 bits per heavy atom. The Labute approximate surface area is 193 Å². The molecule has 10 heteroatoms. The molecule has 3 aliphatic rings. The van der Waals surface area contributed by atoms with Crippen LogP contribution in [0.3, 0.4) is 0 Å². The van der Waals surface area contributed by atoms with E-state index < -0.39 is 23.9 Å². The summed E-state index contributed by atoms with van der Waals surface area (Å²) in [5.74, 6) is -0.800. The fourth-order valence-electron chi connectivity index (χ4n) is 5.13. The average molecular weight is 510 g/mol. The van der Waals surface area contributed by atoms with Gasteiger partial charge in [-0.3, -0.25) is 14.6 Å². The van der Waals surface area contributed by atoms with Crippen LogP contribution in [-0.2, 0) is 17.9 Å². The van der Waals surface area contributed by atoms with Crippen LogP contribution in [0.2, 0.25) is 0 Å². The van der Waals surface area contributed by atoms with Gasteiger partial charge in [-0.25, -0.2) is 13.5 Å². The van der Waals surface area contributed by atoms with Crippen molar-refractivity contribution in [2.45, 2.75) is 52.2 Å². The third-order valence-electron chi connectivity index (χ3n) is 7.16. The van der Waals surface area contributed by atoms with E-state index in [9.17, 15) is 18.4 Å². The lowest BCUT2D eigenvalue weighted by Crippen LogP contribution is -2.61. The lowest BCUT2D eigenvalue weighted by molar-refractivity contribution is -0.151. The monoisotopic (exact) mass is 509 g/mol. The fraction of sp³-hybridized carbons (Fsp3) is 0.545. The predicted octanol–water partition coefficient (Wildman–Crippen LogP) is 3.45. The second kappa shape index (κ2) is 8.88. The van der Waals surface area contributed by atoms with E-state index in [-0.39, 0.29) is 28.3 Å². The Balaban J connectivity index is 1.43. The van der Waals surface area contributed by atoms with Gasteiger partial charge in [0.1, 0.15) is 11.0 Å². The topological polar surface area (TPSA) is 88.9 Å². The number of fused-ring (bicyclic) bond motifs is 2. The third kappa shape index (κ3) is 4.29. The Kier molecular flexibility index (Phi) is 6.33. The highest BCUT2D eigenvalue weighted by atomic mass is 79.9. The predicted molar refractivity (Wildman–Crippen MR) is 119 cm³/mol. The van der Waals surface area contributed by atoms with Crippen molar-refractivity contribution in [3.8, 4) is 0 Å². The molecule has 2 N–H and O–H groups in total. The molecule has 7 nitrogen and oxygen atoms in total. The number of hydrogen-bond acceptors (Lipinski definition) is 5. The number of nitrogens with one attached hydrogen (secondary N) is 2. The Bertz CT molecular complexity index is 1050. The van der Waals surface area contributed by atoms with E-state index >= 15 is 0 Å². The van der Waals surface area contributed by atoms with E-state index in [1.807, 2.05) is 0 Å². The summed E-state index contributed by atoms with van der Waals surface area (Å²) in [4.78, 5) is 28.9. The molecule has 0 radical (unpaired) electrons. The Morgan fingerprint density at radius 2 is 2.03 bits per heavy atom. The van der Waals surface area contributed by atoms with Crippen LogP contribution in [0.25, 0.3) is 0 Å². The lowest BCUT2D eigenvalue weighted by Gasteiger charge is -2.62. The van der Waals surface area contributed by atoms with E-state index in [0.717, 1.165) is 16.7 Å². The van der Waals surface area contributed by atoms with Gasteiger partial charge in [-0.1, -0.05) is 13.8 Å². The third-order valence-corrected chi connectivity index (χ3v) is 7.93. The SMILES string of the molecule is CC1(C)[C@H]2C[C@@H]1[C@@H](C(F)F)[C@H](Nc1cnn(CC(=O)NCc3ccncc3)c(=O)c1Br)C2. The number of amides is 1. The maximum absolute atomic E-state index is 13.9. The van der Waals surface area contributed by atoms with Crippen LogP contribution in [0, 0.1) is 23.2 Å². The molecule has 2 heterocycles. The quantitative estimate of drug-likeness (QED) is 0.596. The van der Waals surface area contributed by atoms with Crippen molar-refractivity contribution in [3.63, 3.8) is 0 Å². The van der Waals surface area contributed by atoms with Gasteiger partial charge in [0.2, 0.25) is 12.3 Å². The molecular formula is C22H26BrF2N5O2. The molecule has 172 valence electrons. The molecule has 32 heavy (non-hydrogen) atoms. The van der Waals surface area contributed by atoms with Gasteiger partial charge in [0.15, 0.2) is 0 Å². The summed E-state index contributed by atoms with van der Waals surface area (Å²) in [6.45, 7) is 4.20. The zero-order valence-electron chi connectivity index (χ0n) is 17.9. The molecule has 3 aliphatic carbocycles. The van der Waals surface area contributed by atoms with Crippen LogP contribution < -0.4 is 16.2 Å². The molecule has 3 fully saturated rings. The van der Waals surface area contributed by atoms with Gasteiger partial charge >= 0.3 is 0 Å². The summed E-state index contributed by atoms with van der Waals surface area (Å²) < 4.78 is 29.0. The number of halogens is 3. The fourth-order valence-corrected chi connectivity index (χ4v) is 5.55. The summed E-state index contributed by atoms with van der Waals surface area (Å²) in [6, 6.07) is 3.14. The van der Waals surface area contributed by atoms with Gasteiger partial charge in [-0.05, 0) is 63.7 Å². The number of carbonyl (C=O) groups excluding carboxylic acids is 1. The first-order valence-electron chi connectivity index (χ1n) is 10.6. The number of alkyl halides is 2. The largest absolute Gasteiger partial charge is 0.379 e. The molecular weight excluding hydrogens is 484 g/mol. The van der Waals surface area contributed by atoms with E-state index in [0.29, 0.717) is 24.6 Å². The van der Waals surface area contributed by atoms with Gasteiger partial charge < -0.3 is 10.6 Å². The summed E-state index contributed by atoms with van der Waals surface area (Å²) in [5.41, 5.74) is 0.681. The summed E-state index contributed by atoms with van der Waals surface area (Å²) in [5, 5.41) is 9.95. The first-order chi connectivity index (χ1) is 15.2. The normalized spacial score (nSPS) is 25.8. The molecule has 0 aromatic carbocycles. The van der Waals surface area contributed by atoms with Gasteiger partial charge in [-0.2, -0.15) is 5.10 Å². The number of anilines is 1. The highest BCUT2D eigenvalue weighted by Gasteiger charge is 2.60. The molecule has 0 saturated heterocycles. The molecule has 2 bridgehead atoms. The molecule has 2 aromatic rings. The molecule has 0 unspecified atom stereocenters. The summed E-state index contributed by atoms with van der Waals surface area (Å²) >= 11 is 3.27. The van der Waals surface area contributed by atoms with E-state index in [4.69, 9.17) is 0 Å². The Morgan fingerprint density at radius 1 is 1.31 bits per heavy atom. The van der Waals surface area contributed by atoms with Crippen LogP contribution in [0.4, 0.5) is 14.5 Å². The Hall–Kier alpha value is -2.36. The minimum atomic E-state index is -2.44. The van der Waals surface area contributed by atoms with Crippen molar-refractivity contribution >= 4 is 27.5 Å². The number of aromatic nitrogens is 3. The minimum Gasteiger partial charge on any atom is -0.379 e. The maximum atomic E-state index is 13.9. The minimum absolute atomic E-state index is 0.0463. The van der Waals surface area contributed by atoms with Crippen molar-refractivity contribution < 1.29 is 13.6 Å². The van der Waals surface area contributed by atoms with E-state index in [1.165, 1.54) is 6.20 Å². The first-order valence-corrected chi connectivity index (χ1v) is 11.4. The molecule has 3 saturated carbocycles. The number of carbonyl (C=O) groups is 1. The highest BCUT2D eigenvalue weighted by molar-refractivity contribution is 9.10. The van der Waals surface area contributed by atoms with Gasteiger partial charge in [-0.15, -0.1) is 0 Å². The van der Waals surface area contributed by atoms with Gasteiger partial charge in [0.05, 0.1) is 11.9 Å². The number of rotatable bonds is 7. The molecule has 2 aromatic heterocycles. The lowest BCUT2D eigenvalue weighted by atomic mass is 9.44. The molecule has 4 atom stereocenters. The van der Waals surface area contributed by atoms with Gasteiger partial charge in [0.25, 0.3) is 5.56 Å².